The minimum absolute atomic E-state index is 0. The molecule has 6 saturated carbocycles. The van der Waals surface area contributed by atoms with Crippen LogP contribution in [0.15, 0.2) is 35.9 Å². The summed E-state index contributed by atoms with van der Waals surface area (Å²) in [7, 11) is -2.07. The molecule has 3 unspecified atom stereocenters. The second kappa shape index (κ2) is 26.0. The van der Waals surface area contributed by atoms with Crippen LogP contribution in [0.5, 0.6) is 0 Å². The van der Waals surface area contributed by atoms with Crippen LogP contribution < -0.4 is 9.97 Å². The van der Waals surface area contributed by atoms with Gasteiger partial charge in [0, 0.05) is 29.1 Å². The Bertz CT molecular complexity index is 2980. The summed E-state index contributed by atoms with van der Waals surface area (Å²) in [6.07, 6.45) is 49.5. The van der Waals surface area contributed by atoms with Gasteiger partial charge < -0.3 is 9.97 Å². The Kier molecular flexibility index (Phi) is 18.9. The van der Waals surface area contributed by atoms with Gasteiger partial charge in [0.2, 0.25) is 0 Å². The topological polar surface area (TPSA) is 57.2 Å². The number of likely N-dealkylation sites (tertiary alicyclic amines) is 1. The fourth-order valence-corrected chi connectivity index (χ4v) is 23.4. The van der Waals surface area contributed by atoms with Gasteiger partial charge in [-0.15, -0.1) is 27.6 Å². The van der Waals surface area contributed by atoms with Crippen molar-refractivity contribution in [2.24, 2.45) is 29.6 Å². The SMILES string of the molecule is CC(C)[Si](C#Cc1c2nc(c(C3CCCCC3)c3ccc([n-]3)c(C#CC3CCC4C(CCN4C4CCC(C=C(C5CCCCC5)C5CCCCC5)CC4)C3)c3nc(c(C4CCCCC4)c4ccc1[n-]4)C=C3)C=C2)(C(C)C)C(C)C.[Zn+2]. The van der Waals surface area contributed by atoms with Crippen LogP contribution in [0.25, 0.3) is 46.4 Å². The van der Waals surface area contributed by atoms with Gasteiger partial charge in [-0.25, -0.2) is 9.97 Å². The molecule has 6 aliphatic carbocycles. The fraction of sp³-hybridized carbons (Fsp3) is 0.644. The Labute approximate surface area is 497 Å². The average molecular weight is 1140 g/mol. The standard InChI is InChI=1S/C73H97N5Si.Zn/c1-49(2)79(50(3)4,51(5)6)46-44-61-65-36-40-69(76-65)72(56-23-15-9-16-24-56)67-38-34-63(74-67)60(64-35-39-68(75-64)73(57-25-17-10-18-26-57)70-41-37-66(61)77-70)33-29-52-30-42-71-58(47-52)43-45-78(71)59-31-27-53(28-32-59)48-62(54-19-11-7-12-20-54)55-21-13-8-14-22-55;/h34-41,48-59,71H,7-28,30-32,42-43,45,47H2,1-6H3;/q-2;+2. The van der Waals surface area contributed by atoms with Crippen molar-refractivity contribution in [3.05, 3.63) is 80.9 Å². The van der Waals surface area contributed by atoms with Gasteiger partial charge >= 0.3 is 19.5 Å². The molecule has 7 fully saturated rings. The molecule has 80 heavy (non-hydrogen) atoms. The summed E-state index contributed by atoms with van der Waals surface area (Å²) in [6.45, 7) is 15.8. The fourth-order valence-electron chi connectivity index (χ4n) is 18.2. The van der Waals surface area contributed by atoms with Crippen LogP contribution in [0.2, 0.25) is 16.6 Å². The van der Waals surface area contributed by atoms with Crippen molar-refractivity contribution in [1.82, 2.24) is 24.8 Å². The number of fused-ring (bicyclic) bond motifs is 9. The van der Waals surface area contributed by atoms with E-state index in [9.17, 15) is 0 Å². The van der Waals surface area contributed by atoms with Crippen molar-refractivity contribution in [1.29, 1.82) is 0 Å². The first-order valence-corrected chi connectivity index (χ1v) is 35.4. The van der Waals surface area contributed by atoms with E-state index in [1.165, 1.54) is 197 Å². The van der Waals surface area contributed by atoms with Gasteiger partial charge in [-0.05, 0) is 197 Å². The Morgan fingerprint density at radius 1 is 0.525 bits per heavy atom. The van der Waals surface area contributed by atoms with Crippen LogP contribution in [0.3, 0.4) is 0 Å². The van der Waals surface area contributed by atoms with E-state index in [2.05, 4.69) is 124 Å². The van der Waals surface area contributed by atoms with Crippen molar-refractivity contribution in [2.45, 2.75) is 262 Å². The third-order valence-corrected chi connectivity index (χ3v) is 28.6. The maximum absolute atomic E-state index is 5.64. The molecule has 3 aliphatic heterocycles. The summed E-state index contributed by atoms with van der Waals surface area (Å²) in [4.78, 5) is 25.6. The van der Waals surface area contributed by atoms with Gasteiger partial charge in [0.1, 0.15) is 8.07 Å². The number of hydrogen-bond donors (Lipinski definition) is 0. The predicted molar refractivity (Wildman–Crippen MR) is 336 cm³/mol. The number of rotatable bonds is 9. The zero-order chi connectivity index (χ0) is 54.0. The first-order chi connectivity index (χ1) is 38.6. The van der Waals surface area contributed by atoms with E-state index in [4.69, 9.17) is 19.9 Å². The maximum atomic E-state index is 5.64. The van der Waals surface area contributed by atoms with Gasteiger partial charge in [-0.1, -0.05) is 172 Å². The molecule has 12 rings (SSSR count). The molecule has 7 heteroatoms. The van der Waals surface area contributed by atoms with Crippen molar-refractivity contribution in [3.63, 3.8) is 0 Å². The van der Waals surface area contributed by atoms with Gasteiger partial charge in [0.15, 0.2) is 0 Å². The van der Waals surface area contributed by atoms with Gasteiger partial charge in [0.25, 0.3) is 0 Å². The van der Waals surface area contributed by atoms with Gasteiger partial charge in [-0.2, -0.15) is 0 Å². The van der Waals surface area contributed by atoms with E-state index < -0.39 is 8.07 Å². The number of hydrogen-bond acceptors (Lipinski definition) is 3. The first kappa shape index (κ1) is 58.1. The van der Waals surface area contributed by atoms with E-state index >= 15 is 0 Å². The van der Waals surface area contributed by atoms with Crippen molar-refractivity contribution in [3.8, 4) is 23.3 Å². The summed E-state index contributed by atoms with van der Waals surface area (Å²) in [6, 6.07) is 10.6. The van der Waals surface area contributed by atoms with Crippen LogP contribution in [-0.2, 0) is 19.5 Å². The van der Waals surface area contributed by atoms with Crippen LogP contribution in [0.1, 0.15) is 278 Å². The number of nitrogens with zero attached hydrogens (tertiary/aromatic N) is 5. The van der Waals surface area contributed by atoms with Crippen LogP contribution in [0.4, 0.5) is 0 Å². The monoisotopic (exact) mass is 1140 g/mol. The minimum atomic E-state index is -2.07. The van der Waals surface area contributed by atoms with Crippen molar-refractivity contribution in [2.75, 3.05) is 6.54 Å². The van der Waals surface area contributed by atoms with Crippen LogP contribution in [0, 0.1) is 52.9 Å². The van der Waals surface area contributed by atoms with E-state index in [0.717, 1.165) is 91.7 Å². The molecule has 1 saturated heterocycles. The normalized spacial score (nSPS) is 25.5. The molecule has 6 heterocycles. The van der Waals surface area contributed by atoms with Gasteiger partial charge in [0.05, 0.1) is 22.8 Å². The Balaban J connectivity index is 0.00000675. The quantitative estimate of drug-likeness (QED) is 0.0836. The molecule has 0 spiro atoms. The zero-order valence-corrected chi connectivity index (χ0v) is 54.5. The second-order valence-electron chi connectivity index (χ2n) is 27.8. The van der Waals surface area contributed by atoms with Crippen LogP contribution >= 0.6 is 0 Å². The molecule has 0 N–H and O–H groups in total. The summed E-state index contributed by atoms with van der Waals surface area (Å²) >= 11 is 0. The maximum Gasteiger partial charge on any atom is 2.00 e. The van der Waals surface area contributed by atoms with E-state index in [1.54, 1.807) is 0 Å². The van der Waals surface area contributed by atoms with Gasteiger partial charge in [-0.3, -0.25) is 4.90 Å². The molecule has 3 aromatic heterocycles. The molecule has 9 aliphatic rings. The molecule has 420 valence electrons. The summed E-state index contributed by atoms with van der Waals surface area (Å²) in [5.74, 6) is 16.4. The van der Waals surface area contributed by atoms with E-state index in [0.29, 0.717) is 34.4 Å². The van der Waals surface area contributed by atoms with E-state index in [1.807, 2.05) is 5.57 Å². The molecule has 0 amide bonds. The second-order valence-corrected chi connectivity index (χ2v) is 33.4. The Hall–Kier alpha value is -3.74. The molecule has 0 aromatic carbocycles. The van der Waals surface area contributed by atoms with E-state index in [-0.39, 0.29) is 19.5 Å². The largest absolute Gasteiger partial charge is 2.00 e. The average Bonchev–Trinajstić information content (AvgIpc) is 4.38. The summed E-state index contributed by atoms with van der Waals surface area (Å²) in [5.41, 5.74) is 20.2. The molecule has 3 atom stereocenters. The molecule has 5 nitrogen and oxygen atoms in total. The Morgan fingerprint density at radius 3 is 1.49 bits per heavy atom. The molecular formula is C73H97N5SiZn. The third-order valence-electron chi connectivity index (χ3n) is 22.3. The summed E-state index contributed by atoms with van der Waals surface area (Å²) in [5, 5.41) is 0. The zero-order valence-electron chi connectivity index (χ0n) is 50.6. The first-order valence-electron chi connectivity index (χ1n) is 33.2. The Morgan fingerprint density at radius 2 is 0.988 bits per heavy atom. The van der Waals surface area contributed by atoms with Crippen molar-refractivity contribution < 1.29 is 19.5 Å². The summed E-state index contributed by atoms with van der Waals surface area (Å²) < 4.78 is 0. The number of allylic oxidation sites excluding steroid dienone is 2. The smallest absolute Gasteiger partial charge is 0.656 e. The minimum Gasteiger partial charge on any atom is -0.656 e. The third kappa shape index (κ3) is 12.1. The van der Waals surface area contributed by atoms with Crippen LogP contribution in [-0.4, -0.2) is 41.6 Å². The predicted octanol–water partition coefficient (Wildman–Crippen LogP) is 19.1. The molecular weight excluding hydrogens is 1040 g/mol. The molecule has 3 aromatic rings. The number of aromatic nitrogens is 4. The van der Waals surface area contributed by atoms with Crippen molar-refractivity contribution >= 4 is 54.4 Å². The molecule has 8 bridgehead atoms. The molecule has 0 radical (unpaired) electrons.